The monoisotopic (exact) mass is 731 g/mol. The summed E-state index contributed by atoms with van der Waals surface area (Å²) in [5, 5.41) is 3.48. The van der Waals surface area contributed by atoms with Crippen LogP contribution in [0.1, 0.15) is 77.3 Å². The Morgan fingerprint density at radius 2 is 1.59 bits per heavy atom. The van der Waals surface area contributed by atoms with Gasteiger partial charge in [-0.3, -0.25) is 4.55 Å². The van der Waals surface area contributed by atoms with Gasteiger partial charge in [0.05, 0.1) is 27.8 Å². The quantitative estimate of drug-likeness (QED) is 0.0921. The molecular formula is C40H49N3O6S2. The summed E-state index contributed by atoms with van der Waals surface area (Å²) >= 11 is 0. The van der Waals surface area contributed by atoms with Crippen LogP contribution in [-0.4, -0.2) is 67.4 Å². The van der Waals surface area contributed by atoms with E-state index in [2.05, 4.69) is 97.0 Å². The number of anilines is 1. The average Bonchev–Trinajstić information content (AvgIpc) is 3.62. The average molecular weight is 732 g/mol. The van der Waals surface area contributed by atoms with Gasteiger partial charge in [0.1, 0.15) is 6.54 Å². The molecule has 1 aliphatic carbocycles. The molecule has 0 saturated heterocycles. The zero-order chi connectivity index (χ0) is 37.0. The van der Waals surface area contributed by atoms with Crippen molar-refractivity contribution in [3.63, 3.8) is 0 Å². The van der Waals surface area contributed by atoms with E-state index < -0.39 is 20.2 Å². The number of allylic oxidation sites excluding steroid dienone is 7. The molecule has 2 N–H and O–H groups in total. The number of para-hydroxylation sites is 2. The molecule has 2 aromatic rings. The van der Waals surface area contributed by atoms with Crippen molar-refractivity contribution in [3.8, 4) is 12.3 Å². The summed E-state index contributed by atoms with van der Waals surface area (Å²) < 4.78 is 67.9. The van der Waals surface area contributed by atoms with Gasteiger partial charge in [-0.05, 0) is 74.8 Å². The number of hydrogen-bond acceptors (Lipinski definition) is 7. The Kier molecular flexibility index (Phi) is 11.5. The maximum Gasteiger partial charge on any atom is 0.264 e. The minimum absolute atomic E-state index is 0.258. The van der Waals surface area contributed by atoms with Crippen molar-refractivity contribution in [2.45, 2.75) is 77.0 Å². The third kappa shape index (κ3) is 8.75. The summed E-state index contributed by atoms with van der Waals surface area (Å²) in [5.74, 6) is 2.09. The normalized spacial score (nSPS) is 19.7. The molecule has 272 valence electrons. The van der Waals surface area contributed by atoms with Crippen molar-refractivity contribution in [1.29, 1.82) is 0 Å². The maximum atomic E-state index is 11.3. The van der Waals surface area contributed by atoms with Gasteiger partial charge in [0, 0.05) is 58.9 Å². The van der Waals surface area contributed by atoms with E-state index in [1.54, 1.807) is 0 Å². The molecule has 0 atom stereocenters. The van der Waals surface area contributed by atoms with Crippen LogP contribution in [0.5, 0.6) is 0 Å². The third-order valence-electron chi connectivity index (χ3n) is 10.2. The second-order valence-corrected chi connectivity index (χ2v) is 17.6. The van der Waals surface area contributed by atoms with E-state index in [-0.39, 0.29) is 22.3 Å². The molecule has 9 nitrogen and oxygen atoms in total. The molecule has 0 amide bonds. The Hall–Kier alpha value is -3.95. The van der Waals surface area contributed by atoms with Gasteiger partial charge in [-0.1, -0.05) is 68.3 Å². The molecule has 2 heterocycles. The van der Waals surface area contributed by atoms with Gasteiger partial charge in [-0.2, -0.15) is 13.0 Å². The number of terminal acetylenes is 1. The second kappa shape index (κ2) is 15.3. The van der Waals surface area contributed by atoms with Crippen molar-refractivity contribution in [1.82, 2.24) is 5.32 Å². The topological polar surface area (TPSA) is 130 Å². The number of rotatable bonds is 15. The zero-order valence-electron chi connectivity index (χ0n) is 30.0. The molecular weight excluding hydrogens is 683 g/mol. The summed E-state index contributed by atoms with van der Waals surface area (Å²) in [7, 11) is -8.27. The van der Waals surface area contributed by atoms with E-state index in [9.17, 15) is 25.9 Å². The fourth-order valence-electron chi connectivity index (χ4n) is 7.65. The fraction of sp³-hybridized carbons (Fsp3) is 0.425. The van der Waals surface area contributed by atoms with Gasteiger partial charge >= 0.3 is 0 Å². The molecule has 2 aliphatic heterocycles. The molecule has 0 aromatic heterocycles. The third-order valence-corrected chi connectivity index (χ3v) is 11.8. The summed E-state index contributed by atoms with van der Waals surface area (Å²) in [6.07, 6.45) is 17.9. The Balaban J connectivity index is 1.48. The summed E-state index contributed by atoms with van der Waals surface area (Å²) in [6, 6.07) is 16.6. The Morgan fingerprint density at radius 1 is 0.902 bits per heavy atom. The van der Waals surface area contributed by atoms with Gasteiger partial charge < -0.3 is 14.8 Å². The predicted octanol–water partition coefficient (Wildman–Crippen LogP) is 6.49. The van der Waals surface area contributed by atoms with Crippen molar-refractivity contribution in [3.05, 3.63) is 107 Å². The summed E-state index contributed by atoms with van der Waals surface area (Å²) in [6.45, 7) is 10.4. The van der Waals surface area contributed by atoms with Crippen LogP contribution in [0.3, 0.4) is 0 Å². The molecule has 2 aromatic carbocycles. The number of fused-ring (bicyclic) bond motifs is 2. The highest BCUT2D eigenvalue weighted by Crippen LogP contribution is 2.48. The molecule has 11 heteroatoms. The molecule has 0 bridgehead atoms. The largest absolute Gasteiger partial charge is 0.748 e. The number of unbranched alkanes of at least 4 members (excludes halogenated alkanes) is 2. The number of nitrogens with zero attached hydrogens (tertiary/aromatic N) is 2. The van der Waals surface area contributed by atoms with Crippen LogP contribution in [0.2, 0.25) is 0 Å². The van der Waals surface area contributed by atoms with Crippen LogP contribution in [0.15, 0.2) is 95.4 Å². The van der Waals surface area contributed by atoms with Crippen LogP contribution in [0, 0.1) is 12.3 Å². The summed E-state index contributed by atoms with van der Waals surface area (Å²) in [4.78, 5) is 2.25. The van der Waals surface area contributed by atoms with E-state index >= 15 is 0 Å². The van der Waals surface area contributed by atoms with Crippen molar-refractivity contribution >= 4 is 37.3 Å². The Morgan fingerprint density at radius 3 is 2.29 bits per heavy atom. The Labute approximate surface area is 304 Å². The SMILES string of the molecule is C#CCNC1=C(/C=C/C2=[N+](CCCCS(=O)(=O)O)c3ccccc3C2(C)C)CCC1=CC=C1N(CCCCS(=O)(=O)[O-])c2ccccc2C1(C)C. The molecule has 0 spiro atoms. The number of nitrogens with one attached hydrogen (secondary N) is 1. The van der Waals surface area contributed by atoms with Crippen LogP contribution in [0.4, 0.5) is 11.4 Å². The molecule has 5 rings (SSSR count). The van der Waals surface area contributed by atoms with E-state index in [4.69, 9.17) is 6.42 Å². The molecule has 0 saturated carbocycles. The molecule has 0 fully saturated rings. The van der Waals surface area contributed by atoms with Crippen LogP contribution in [-0.2, 0) is 31.1 Å². The van der Waals surface area contributed by atoms with Gasteiger partial charge in [0.25, 0.3) is 10.1 Å². The fourth-order valence-corrected chi connectivity index (χ4v) is 8.78. The predicted molar refractivity (Wildman–Crippen MR) is 204 cm³/mol. The highest BCUT2D eigenvalue weighted by molar-refractivity contribution is 7.85. The highest BCUT2D eigenvalue weighted by atomic mass is 32.2. The van der Waals surface area contributed by atoms with Crippen molar-refractivity contribution < 1.29 is 30.5 Å². The first-order chi connectivity index (χ1) is 24.0. The van der Waals surface area contributed by atoms with E-state index in [0.717, 1.165) is 52.5 Å². The lowest BCUT2D eigenvalue weighted by atomic mass is 9.81. The zero-order valence-corrected chi connectivity index (χ0v) is 31.6. The number of benzene rings is 2. The number of hydrogen-bond donors (Lipinski definition) is 2. The lowest BCUT2D eigenvalue weighted by Gasteiger charge is -2.27. The molecule has 0 radical (unpaired) electrons. The Bertz CT molecular complexity index is 2080. The molecule has 51 heavy (non-hydrogen) atoms. The lowest BCUT2D eigenvalue weighted by Crippen LogP contribution is -2.28. The van der Waals surface area contributed by atoms with Crippen molar-refractivity contribution in [2.24, 2.45) is 0 Å². The smallest absolute Gasteiger partial charge is 0.264 e. The van der Waals surface area contributed by atoms with E-state index in [1.165, 1.54) is 11.1 Å². The first-order valence-corrected chi connectivity index (χ1v) is 20.7. The van der Waals surface area contributed by atoms with Crippen LogP contribution < -0.4 is 10.2 Å². The minimum Gasteiger partial charge on any atom is -0.748 e. The van der Waals surface area contributed by atoms with Gasteiger partial charge in [-0.25, -0.2) is 8.42 Å². The first-order valence-electron chi connectivity index (χ1n) is 17.5. The second-order valence-electron chi connectivity index (χ2n) is 14.5. The highest BCUT2D eigenvalue weighted by Gasteiger charge is 2.44. The molecule has 0 unspecified atom stereocenters. The van der Waals surface area contributed by atoms with Gasteiger partial charge in [0.15, 0.2) is 5.71 Å². The van der Waals surface area contributed by atoms with E-state index in [1.807, 2.05) is 24.3 Å². The standard InChI is InChI=1S/C40H49N3O6S2/c1-6-25-41-38-30(21-23-36-39(2,3)32-15-7-9-17-34(32)42(36)26-11-13-28-50(44,45)46)19-20-31(38)22-24-37-40(4,5)33-16-8-10-18-35(33)43(37)27-12-14-29-51(47,48)49/h1,7-10,15-18,21-24H,11-14,19-20,25-29H2,2-5H3,(H2,44,45,46,47,48,49). The maximum absolute atomic E-state index is 11.3. The van der Waals surface area contributed by atoms with E-state index in [0.29, 0.717) is 45.3 Å². The summed E-state index contributed by atoms with van der Waals surface area (Å²) in [5.41, 5.74) is 9.54. The molecule has 3 aliphatic rings. The van der Waals surface area contributed by atoms with Crippen molar-refractivity contribution in [2.75, 3.05) is 36.0 Å². The van der Waals surface area contributed by atoms with Crippen LogP contribution in [0.25, 0.3) is 0 Å². The van der Waals surface area contributed by atoms with Gasteiger partial charge in [-0.15, -0.1) is 6.42 Å². The minimum atomic E-state index is -4.26. The lowest BCUT2D eigenvalue weighted by molar-refractivity contribution is -0.438. The van der Waals surface area contributed by atoms with Gasteiger partial charge in [0.2, 0.25) is 5.69 Å². The van der Waals surface area contributed by atoms with Crippen LogP contribution >= 0.6 is 0 Å². The first kappa shape index (κ1) is 38.3.